The van der Waals surface area contributed by atoms with E-state index in [2.05, 4.69) is 30.0 Å². The van der Waals surface area contributed by atoms with E-state index in [1.54, 1.807) is 23.9 Å². The van der Waals surface area contributed by atoms with Crippen molar-refractivity contribution in [1.82, 2.24) is 9.36 Å². The molecule has 0 aliphatic rings. The van der Waals surface area contributed by atoms with Crippen LogP contribution >= 0.6 is 39.2 Å². The maximum atomic E-state index is 12.3. The van der Waals surface area contributed by atoms with Gasteiger partial charge in [-0.1, -0.05) is 34.1 Å². The van der Waals surface area contributed by atoms with Crippen molar-refractivity contribution in [3.8, 4) is 0 Å². The Morgan fingerprint density at radius 1 is 1.08 bits per heavy atom. The highest BCUT2D eigenvalue weighted by molar-refractivity contribution is 9.10. The fraction of sp³-hybridized carbons (Fsp3) is 0.0667. The van der Waals surface area contributed by atoms with E-state index < -0.39 is 10.0 Å². The summed E-state index contributed by atoms with van der Waals surface area (Å²) >= 11 is 5.92. The summed E-state index contributed by atoms with van der Waals surface area (Å²) in [5, 5.41) is 0.265. The van der Waals surface area contributed by atoms with Crippen LogP contribution in [0, 0.1) is 0 Å². The number of rotatable bonds is 6. The van der Waals surface area contributed by atoms with Crippen LogP contribution in [-0.2, 0) is 15.8 Å². The summed E-state index contributed by atoms with van der Waals surface area (Å²) < 4.78 is 32.1. The molecule has 124 valence electrons. The number of sulfonamides is 1. The van der Waals surface area contributed by atoms with Gasteiger partial charge in [0.2, 0.25) is 5.13 Å². The standard InChI is InChI=1S/C15H12BrN3O2S3/c16-11-6-8-13(9-7-11)24(20,21)19-15-17-14(18-23-15)10-22-12-4-2-1-3-5-12/h1-9H,10H2,(H,17,18,19). The lowest BCUT2D eigenvalue weighted by molar-refractivity contribution is 0.601. The van der Waals surface area contributed by atoms with Gasteiger partial charge in [0.05, 0.1) is 10.6 Å². The first-order chi connectivity index (χ1) is 11.5. The van der Waals surface area contributed by atoms with Gasteiger partial charge in [-0.05, 0) is 36.4 Å². The molecule has 3 rings (SSSR count). The molecule has 2 aromatic carbocycles. The Morgan fingerprint density at radius 2 is 1.79 bits per heavy atom. The average Bonchev–Trinajstić information content (AvgIpc) is 3.01. The molecule has 0 unspecified atom stereocenters. The molecule has 0 fully saturated rings. The lowest BCUT2D eigenvalue weighted by atomic mass is 10.4. The van der Waals surface area contributed by atoms with Crippen LogP contribution in [0.4, 0.5) is 5.13 Å². The van der Waals surface area contributed by atoms with Gasteiger partial charge in [-0.3, -0.25) is 4.72 Å². The number of hydrogen-bond donors (Lipinski definition) is 1. The first kappa shape index (κ1) is 17.4. The number of halogens is 1. The predicted molar refractivity (Wildman–Crippen MR) is 101 cm³/mol. The van der Waals surface area contributed by atoms with Crippen LogP contribution < -0.4 is 4.72 Å². The lowest BCUT2D eigenvalue weighted by Gasteiger charge is -2.04. The lowest BCUT2D eigenvalue weighted by Crippen LogP contribution is -2.12. The van der Waals surface area contributed by atoms with Gasteiger partial charge < -0.3 is 0 Å². The van der Waals surface area contributed by atoms with Crippen molar-refractivity contribution >= 4 is 54.4 Å². The molecular weight excluding hydrogens is 430 g/mol. The highest BCUT2D eigenvalue weighted by Crippen LogP contribution is 2.24. The van der Waals surface area contributed by atoms with E-state index in [4.69, 9.17) is 0 Å². The minimum atomic E-state index is -3.65. The van der Waals surface area contributed by atoms with Crippen LogP contribution in [0.15, 0.2) is 68.9 Å². The molecule has 0 saturated carbocycles. The molecule has 24 heavy (non-hydrogen) atoms. The number of anilines is 1. The Balaban J connectivity index is 1.66. The van der Waals surface area contributed by atoms with Gasteiger partial charge >= 0.3 is 0 Å². The van der Waals surface area contributed by atoms with Crippen LogP contribution in [0.3, 0.4) is 0 Å². The molecule has 1 aromatic heterocycles. The van der Waals surface area contributed by atoms with Crippen molar-refractivity contribution in [3.05, 3.63) is 64.9 Å². The summed E-state index contributed by atoms with van der Waals surface area (Å²) in [5.41, 5.74) is 0. The molecule has 0 atom stereocenters. The van der Waals surface area contributed by atoms with Gasteiger partial charge in [0.15, 0.2) is 5.82 Å². The van der Waals surface area contributed by atoms with Gasteiger partial charge in [-0.15, -0.1) is 11.8 Å². The van der Waals surface area contributed by atoms with Crippen molar-refractivity contribution in [3.63, 3.8) is 0 Å². The second-order valence-corrected chi connectivity index (χ2v) is 9.08. The monoisotopic (exact) mass is 441 g/mol. The van der Waals surface area contributed by atoms with Gasteiger partial charge in [-0.2, -0.15) is 4.37 Å². The molecule has 0 spiro atoms. The Labute approximate surface area is 156 Å². The predicted octanol–water partition coefficient (Wildman–Crippen LogP) is 4.39. The minimum absolute atomic E-state index is 0.182. The van der Waals surface area contributed by atoms with E-state index >= 15 is 0 Å². The fourth-order valence-corrected chi connectivity index (χ4v) is 4.74. The van der Waals surface area contributed by atoms with Crippen LogP contribution in [-0.4, -0.2) is 17.8 Å². The SMILES string of the molecule is O=S(=O)(Nc1nc(CSc2ccccc2)ns1)c1ccc(Br)cc1. The van der Waals surface area contributed by atoms with Crippen molar-refractivity contribution < 1.29 is 8.42 Å². The molecule has 9 heteroatoms. The molecule has 0 bridgehead atoms. The molecule has 1 N–H and O–H groups in total. The van der Waals surface area contributed by atoms with E-state index in [1.165, 1.54) is 12.1 Å². The van der Waals surface area contributed by atoms with E-state index in [-0.39, 0.29) is 10.0 Å². The second-order valence-electron chi connectivity index (χ2n) is 4.68. The minimum Gasteiger partial charge on any atom is -0.253 e. The average molecular weight is 442 g/mol. The van der Waals surface area contributed by atoms with Crippen molar-refractivity contribution in [2.45, 2.75) is 15.5 Å². The van der Waals surface area contributed by atoms with Crippen molar-refractivity contribution in [1.29, 1.82) is 0 Å². The number of nitrogens with one attached hydrogen (secondary N) is 1. The van der Waals surface area contributed by atoms with Crippen LogP contribution in [0.1, 0.15) is 5.82 Å². The van der Waals surface area contributed by atoms with Crippen LogP contribution in [0.5, 0.6) is 0 Å². The number of nitrogens with zero attached hydrogens (tertiary/aromatic N) is 2. The molecule has 5 nitrogen and oxygen atoms in total. The summed E-state index contributed by atoms with van der Waals surface area (Å²) in [6.07, 6.45) is 0. The zero-order valence-electron chi connectivity index (χ0n) is 12.2. The fourth-order valence-electron chi connectivity index (χ4n) is 1.81. The summed E-state index contributed by atoms with van der Waals surface area (Å²) in [5.74, 6) is 1.18. The van der Waals surface area contributed by atoms with E-state index in [1.807, 2.05) is 30.3 Å². The van der Waals surface area contributed by atoms with Gasteiger partial charge in [0, 0.05) is 20.9 Å². The smallest absolute Gasteiger partial charge is 0.253 e. The highest BCUT2D eigenvalue weighted by Gasteiger charge is 2.16. The van der Waals surface area contributed by atoms with E-state index in [0.29, 0.717) is 11.6 Å². The van der Waals surface area contributed by atoms with Crippen molar-refractivity contribution in [2.75, 3.05) is 4.72 Å². The maximum Gasteiger partial charge on any atom is 0.263 e. The summed E-state index contributed by atoms with van der Waals surface area (Å²) in [6, 6.07) is 16.3. The van der Waals surface area contributed by atoms with E-state index in [0.717, 1.165) is 20.9 Å². The molecule has 0 amide bonds. The van der Waals surface area contributed by atoms with Crippen LogP contribution in [0.2, 0.25) is 0 Å². The molecule has 0 radical (unpaired) electrons. The first-order valence-electron chi connectivity index (χ1n) is 6.82. The zero-order chi connectivity index (χ0) is 17.0. The van der Waals surface area contributed by atoms with Gasteiger partial charge in [0.1, 0.15) is 0 Å². The molecule has 1 heterocycles. The van der Waals surface area contributed by atoms with Crippen LogP contribution in [0.25, 0.3) is 0 Å². The third-order valence-corrected chi connectivity index (χ3v) is 6.61. The molecule has 0 saturated heterocycles. The summed E-state index contributed by atoms with van der Waals surface area (Å²) in [4.78, 5) is 5.54. The Kier molecular flexibility index (Phi) is 5.54. The molecule has 3 aromatic rings. The third kappa shape index (κ3) is 4.56. The number of benzene rings is 2. The number of hydrogen-bond acceptors (Lipinski definition) is 6. The van der Waals surface area contributed by atoms with Gasteiger partial charge in [0.25, 0.3) is 10.0 Å². The Bertz CT molecular complexity index is 913. The first-order valence-corrected chi connectivity index (χ1v) is 10.9. The second kappa shape index (κ2) is 7.64. The summed E-state index contributed by atoms with van der Waals surface area (Å²) in [7, 11) is -3.65. The Morgan fingerprint density at radius 3 is 2.50 bits per heavy atom. The maximum absolute atomic E-state index is 12.3. The molecule has 0 aliphatic heterocycles. The van der Waals surface area contributed by atoms with Gasteiger partial charge in [-0.25, -0.2) is 13.4 Å². The summed E-state index contributed by atoms with van der Waals surface area (Å²) in [6.45, 7) is 0. The number of aromatic nitrogens is 2. The largest absolute Gasteiger partial charge is 0.263 e. The highest BCUT2D eigenvalue weighted by atomic mass is 79.9. The quantitative estimate of drug-likeness (QED) is 0.574. The number of thioether (sulfide) groups is 1. The van der Waals surface area contributed by atoms with Crippen molar-refractivity contribution in [2.24, 2.45) is 0 Å². The molecular formula is C15H12BrN3O2S3. The van der Waals surface area contributed by atoms with E-state index in [9.17, 15) is 8.42 Å². The topological polar surface area (TPSA) is 72.0 Å². The Hall–Kier alpha value is -1.42. The zero-order valence-corrected chi connectivity index (χ0v) is 16.3. The third-order valence-electron chi connectivity index (χ3n) is 2.92. The normalized spacial score (nSPS) is 11.4. The molecule has 0 aliphatic carbocycles.